The lowest BCUT2D eigenvalue weighted by molar-refractivity contribution is -0.152. The van der Waals surface area contributed by atoms with E-state index >= 15 is 0 Å². The summed E-state index contributed by atoms with van der Waals surface area (Å²) in [6.07, 6.45) is 12.8. The Balaban J connectivity index is 5.43. The zero-order valence-corrected chi connectivity index (χ0v) is 35.4. The third-order valence-electron chi connectivity index (χ3n) is 9.44. The summed E-state index contributed by atoms with van der Waals surface area (Å²) < 4.78 is 70.0. The van der Waals surface area contributed by atoms with E-state index < -0.39 is 21.7 Å². The molecule has 0 aliphatic rings. The summed E-state index contributed by atoms with van der Waals surface area (Å²) in [6, 6.07) is 0. The molecule has 0 fully saturated rings. The topological polar surface area (TPSA) is 131 Å². The van der Waals surface area contributed by atoms with Crippen LogP contribution in [0.2, 0.25) is 0 Å². The molecule has 320 valence electrons. The molecule has 0 aromatic carbocycles. The van der Waals surface area contributed by atoms with Crippen molar-refractivity contribution in [3.63, 3.8) is 0 Å². The number of methoxy groups -OCH3 is 8. The van der Waals surface area contributed by atoms with Crippen molar-refractivity contribution in [2.24, 2.45) is 21.7 Å². The summed E-state index contributed by atoms with van der Waals surface area (Å²) in [5, 5.41) is 10.1. The minimum absolute atomic E-state index is 0.148. The third kappa shape index (κ3) is 23.3. The van der Waals surface area contributed by atoms with Crippen LogP contribution >= 0.6 is 0 Å². The maximum atomic E-state index is 10.1. The Morgan fingerprint density at radius 3 is 0.830 bits per heavy atom. The molecule has 0 atom stereocenters. The molecular weight excluding hydrogens is 688 g/mol. The highest BCUT2D eigenvalue weighted by Crippen LogP contribution is 2.28. The summed E-state index contributed by atoms with van der Waals surface area (Å²) in [6.45, 7) is 7.78. The highest BCUT2D eigenvalue weighted by Gasteiger charge is 2.39. The van der Waals surface area contributed by atoms with Crippen molar-refractivity contribution in [2.75, 3.05) is 169 Å². The van der Waals surface area contributed by atoms with Crippen LogP contribution in [0.5, 0.6) is 0 Å². The van der Waals surface area contributed by atoms with E-state index in [2.05, 4.69) is 6.92 Å². The van der Waals surface area contributed by atoms with Gasteiger partial charge in [0.2, 0.25) is 0 Å². The molecule has 0 aromatic rings. The predicted molar refractivity (Wildman–Crippen MR) is 207 cm³/mol. The smallest absolute Gasteiger partial charge is 0.0637 e. The quantitative estimate of drug-likeness (QED) is 0.0829. The summed E-state index contributed by atoms with van der Waals surface area (Å²) in [5.74, 6) is 0. The molecule has 0 amide bonds. The zero-order valence-electron chi connectivity index (χ0n) is 35.4. The second-order valence-electron chi connectivity index (χ2n) is 15.3. The fourth-order valence-electron chi connectivity index (χ4n) is 6.89. The van der Waals surface area contributed by atoms with Crippen LogP contribution in [0.3, 0.4) is 0 Å². The van der Waals surface area contributed by atoms with Gasteiger partial charge < -0.3 is 61.9 Å². The van der Waals surface area contributed by atoms with Gasteiger partial charge in [0, 0.05) is 63.5 Å². The first-order valence-corrected chi connectivity index (χ1v) is 19.6. The van der Waals surface area contributed by atoms with Crippen LogP contribution in [0.4, 0.5) is 0 Å². The lowest BCUT2D eigenvalue weighted by Gasteiger charge is -2.38. The highest BCUT2D eigenvalue weighted by molar-refractivity contribution is 4.85. The van der Waals surface area contributed by atoms with Crippen molar-refractivity contribution in [1.29, 1.82) is 0 Å². The molecule has 0 heterocycles. The largest absolute Gasteiger partial charge is 0.396 e. The van der Waals surface area contributed by atoms with Crippen LogP contribution in [0.15, 0.2) is 0 Å². The van der Waals surface area contributed by atoms with E-state index in [0.717, 1.165) is 6.42 Å². The van der Waals surface area contributed by atoms with Gasteiger partial charge in [-0.2, -0.15) is 0 Å². The number of rotatable bonds is 42. The molecule has 0 spiro atoms. The predicted octanol–water partition coefficient (Wildman–Crippen LogP) is 5.08. The first-order chi connectivity index (χ1) is 25.7. The molecule has 13 nitrogen and oxygen atoms in total. The lowest BCUT2D eigenvalue weighted by atomic mass is 9.89. The van der Waals surface area contributed by atoms with Gasteiger partial charge in [0.05, 0.1) is 127 Å². The Labute approximate surface area is 323 Å². The number of ether oxygens (including phenoxy) is 12. The van der Waals surface area contributed by atoms with Gasteiger partial charge in [-0.1, -0.05) is 64.7 Å². The number of aliphatic hydroxyl groups is 1. The van der Waals surface area contributed by atoms with Crippen molar-refractivity contribution < 1.29 is 61.9 Å². The second kappa shape index (κ2) is 33.6. The lowest BCUT2D eigenvalue weighted by Crippen LogP contribution is -2.47. The number of unbranched alkanes of at least 4 members (excludes halogenated alkanes) is 9. The first-order valence-electron chi connectivity index (χ1n) is 19.6. The minimum atomic E-state index is -0.696. The van der Waals surface area contributed by atoms with E-state index in [-0.39, 0.29) is 46.2 Å². The van der Waals surface area contributed by atoms with Gasteiger partial charge in [-0.05, 0) is 6.42 Å². The molecule has 0 unspecified atom stereocenters. The molecule has 53 heavy (non-hydrogen) atoms. The van der Waals surface area contributed by atoms with Crippen LogP contribution in [0, 0.1) is 21.7 Å². The molecule has 0 bridgehead atoms. The van der Waals surface area contributed by atoms with Crippen molar-refractivity contribution in [3.05, 3.63) is 0 Å². The normalized spacial score (nSPS) is 13.0. The van der Waals surface area contributed by atoms with Gasteiger partial charge in [0.1, 0.15) is 0 Å². The monoisotopic (exact) mass is 771 g/mol. The minimum Gasteiger partial charge on any atom is -0.396 e. The fourth-order valence-corrected chi connectivity index (χ4v) is 6.89. The van der Waals surface area contributed by atoms with E-state index in [1.165, 1.54) is 57.8 Å². The standard InChI is InChI=1S/C40H82O13/c1-10-11-12-13-14-15-16-17-18-19-20-50-31-38(24-44-4,25-45-5)32-52-35-40(28-48-8,29-49-9)36-53-34-39(26-46-6,27-47-7)33-51-30-37(21-41,22-42-2)23-43-3/h41H,10-36H2,1-9H3. The molecule has 1 N–H and O–H groups in total. The van der Waals surface area contributed by atoms with Gasteiger partial charge in [-0.15, -0.1) is 0 Å². The number of hydrogen-bond acceptors (Lipinski definition) is 13. The molecule has 0 saturated heterocycles. The summed E-state index contributed by atoms with van der Waals surface area (Å²) in [5.41, 5.74) is -2.41. The van der Waals surface area contributed by atoms with Gasteiger partial charge in [0.25, 0.3) is 0 Å². The SMILES string of the molecule is CCCCCCCCCCCCOCC(COC)(COC)COCC(COC)(COC)COCC(COC)(COC)COCC(CO)(COC)COC. The summed E-state index contributed by atoms with van der Waals surface area (Å²) in [4.78, 5) is 0. The zero-order chi connectivity index (χ0) is 39.6. The van der Waals surface area contributed by atoms with E-state index in [0.29, 0.717) is 66.1 Å². The first kappa shape index (κ1) is 52.5. The van der Waals surface area contributed by atoms with E-state index in [4.69, 9.17) is 56.8 Å². The Morgan fingerprint density at radius 1 is 0.302 bits per heavy atom. The molecular formula is C40H82O13. The number of aliphatic hydroxyl groups excluding tert-OH is 1. The Morgan fingerprint density at radius 2 is 0.547 bits per heavy atom. The van der Waals surface area contributed by atoms with Crippen LogP contribution in [0.25, 0.3) is 0 Å². The van der Waals surface area contributed by atoms with Crippen LogP contribution in [-0.4, -0.2) is 174 Å². The van der Waals surface area contributed by atoms with Gasteiger partial charge in [0.15, 0.2) is 0 Å². The second-order valence-corrected chi connectivity index (χ2v) is 15.3. The molecule has 0 rings (SSSR count). The van der Waals surface area contributed by atoms with Gasteiger partial charge in [-0.3, -0.25) is 0 Å². The molecule has 0 aliphatic carbocycles. The Bertz CT molecular complexity index is 764. The van der Waals surface area contributed by atoms with Crippen molar-refractivity contribution in [1.82, 2.24) is 0 Å². The molecule has 13 heteroatoms. The maximum absolute atomic E-state index is 10.1. The molecule has 0 aromatic heterocycles. The number of hydrogen-bond donors (Lipinski definition) is 1. The van der Waals surface area contributed by atoms with Crippen LogP contribution < -0.4 is 0 Å². The average molecular weight is 771 g/mol. The van der Waals surface area contributed by atoms with Crippen molar-refractivity contribution in [3.8, 4) is 0 Å². The molecule has 0 aliphatic heterocycles. The highest BCUT2D eigenvalue weighted by atomic mass is 16.5. The van der Waals surface area contributed by atoms with E-state index in [1.54, 1.807) is 56.9 Å². The third-order valence-corrected chi connectivity index (χ3v) is 9.44. The average Bonchev–Trinajstić information content (AvgIpc) is 3.13. The van der Waals surface area contributed by atoms with Gasteiger partial charge >= 0.3 is 0 Å². The van der Waals surface area contributed by atoms with E-state index in [1.807, 2.05) is 0 Å². The summed E-state index contributed by atoms with van der Waals surface area (Å²) >= 11 is 0. The molecule has 0 saturated carbocycles. The maximum Gasteiger partial charge on any atom is 0.0637 e. The van der Waals surface area contributed by atoms with Crippen molar-refractivity contribution >= 4 is 0 Å². The fraction of sp³-hybridized carbons (Fsp3) is 1.00. The van der Waals surface area contributed by atoms with Gasteiger partial charge in [-0.25, -0.2) is 0 Å². The summed E-state index contributed by atoms with van der Waals surface area (Å²) in [7, 11) is 13.2. The van der Waals surface area contributed by atoms with E-state index in [9.17, 15) is 5.11 Å². The Hall–Kier alpha value is -0.520. The van der Waals surface area contributed by atoms with Crippen LogP contribution in [0.1, 0.15) is 71.1 Å². The van der Waals surface area contributed by atoms with Crippen LogP contribution in [-0.2, 0) is 56.8 Å². The Kier molecular flexibility index (Phi) is 33.3. The molecule has 0 radical (unpaired) electrons. The van der Waals surface area contributed by atoms with Crippen molar-refractivity contribution in [2.45, 2.75) is 71.1 Å².